The zero-order chi connectivity index (χ0) is 12.3. The Hall–Kier alpha value is -1.81. The third kappa shape index (κ3) is 2.65. The van der Waals surface area contributed by atoms with E-state index in [1.807, 2.05) is 23.8 Å². The first-order chi connectivity index (χ1) is 8.18. The number of thiophene rings is 1. The van der Waals surface area contributed by atoms with Crippen molar-refractivity contribution in [1.29, 1.82) is 0 Å². The summed E-state index contributed by atoms with van der Waals surface area (Å²) in [5, 5.41) is 6.90. The number of carbonyl (C=O) groups excluding carboxylic acids is 1. The van der Waals surface area contributed by atoms with Gasteiger partial charge in [-0.3, -0.25) is 4.79 Å². The first-order valence-electron chi connectivity index (χ1n) is 5.33. The standard InChI is InChI=1S/C13H14N2OS/c1-9-11(3-2-4-12(9)14)13(16)15-7-10-5-6-17-8-10/h2-6,8H,7,14H2,1H3,(H,15,16). The molecule has 3 nitrogen and oxygen atoms in total. The Labute approximate surface area is 104 Å². The van der Waals surface area contributed by atoms with Gasteiger partial charge in [0.05, 0.1) is 0 Å². The Morgan fingerprint density at radius 1 is 1.41 bits per heavy atom. The van der Waals surface area contributed by atoms with E-state index >= 15 is 0 Å². The van der Waals surface area contributed by atoms with Crippen molar-refractivity contribution in [1.82, 2.24) is 5.32 Å². The zero-order valence-electron chi connectivity index (χ0n) is 9.57. The van der Waals surface area contributed by atoms with Gasteiger partial charge in [0.1, 0.15) is 0 Å². The van der Waals surface area contributed by atoms with E-state index in [4.69, 9.17) is 5.73 Å². The van der Waals surface area contributed by atoms with Crippen molar-refractivity contribution in [3.8, 4) is 0 Å². The van der Waals surface area contributed by atoms with Crippen molar-refractivity contribution >= 4 is 22.9 Å². The van der Waals surface area contributed by atoms with E-state index in [0.29, 0.717) is 17.8 Å². The topological polar surface area (TPSA) is 55.1 Å². The van der Waals surface area contributed by atoms with Crippen LogP contribution in [-0.4, -0.2) is 5.91 Å². The summed E-state index contributed by atoms with van der Waals surface area (Å²) in [4.78, 5) is 11.9. The first-order valence-corrected chi connectivity index (χ1v) is 6.27. The maximum absolute atomic E-state index is 11.9. The average Bonchev–Trinajstić information content (AvgIpc) is 2.82. The second kappa shape index (κ2) is 5.01. The smallest absolute Gasteiger partial charge is 0.251 e. The first kappa shape index (κ1) is 11.7. The van der Waals surface area contributed by atoms with Crippen LogP contribution in [0.1, 0.15) is 21.5 Å². The summed E-state index contributed by atoms with van der Waals surface area (Å²) in [6.07, 6.45) is 0. The largest absolute Gasteiger partial charge is 0.398 e. The monoisotopic (exact) mass is 246 g/mol. The fraction of sp³-hybridized carbons (Fsp3) is 0.154. The van der Waals surface area contributed by atoms with Gasteiger partial charge in [-0.05, 0) is 47.0 Å². The number of carbonyl (C=O) groups is 1. The van der Waals surface area contributed by atoms with Crippen LogP contribution < -0.4 is 11.1 Å². The van der Waals surface area contributed by atoms with E-state index in [2.05, 4.69) is 5.32 Å². The third-order valence-electron chi connectivity index (χ3n) is 2.65. The molecule has 2 rings (SSSR count). The van der Waals surface area contributed by atoms with Gasteiger partial charge >= 0.3 is 0 Å². The number of hydrogen-bond donors (Lipinski definition) is 2. The van der Waals surface area contributed by atoms with E-state index in [9.17, 15) is 4.79 Å². The fourth-order valence-electron chi connectivity index (χ4n) is 1.57. The molecule has 1 aromatic heterocycles. The van der Waals surface area contributed by atoms with Gasteiger partial charge in [-0.25, -0.2) is 0 Å². The summed E-state index contributed by atoms with van der Waals surface area (Å²) in [6, 6.07) is 7.37. The molecule has 1 amide bonds. The maximum Gasteiger partial charge on any atom is 0.251 e. The molecule has 0 aliphatic carbocycles. The number of hydrogen-bond acceptors (Lipinski definition) is 3. The molecule has 0 radical (unpaired) electrons. The van der Waals surface area contributed by atoms with Crippen LogP contribution in [0, 0.1) is 6.92 Å². The van der Waals surface area contributed by atoms with Gasteiger partial charge in [-0.2, -0.15) is 11.3 Å². The lowest BCUT2D eigenvalue weighted by atomic mass is 10.1. The molecule has 0 unspecified atom stereocenters. The lowest BCUT2D eigenvalue weighted by molar-refractivity contribution is 0.0950. The van der Waals surface area contributed by atoms with Gasteiger partial charge in [-0.1, -0.05) is 6.07 Å². The number of amides is 1. The summed E-state index contributed by atoms with van der Waals surface area (Å²) in [6.45, 7) is 2.41. The molecule has 0 fully saturated rings. The van der Waals surface area contributed by atoms with Crippen LogP contribution in [0.3, 0.4) is 0 Å². The van der Waals surface area contributed by atoms with Gasteiger partial charge in [0.25, 0.3) is 5.91 Å². The molecule has 4 heteroatoms. The number of nitrogens with two attached hydrogens (primary N) is 1. The third-order valence-corrected chi connectivity index (χ3v) is 3.39. The van der Waals surface area contributed by atoms with Crippen molar-refractivity contribution in [3.63, 3.8) is 0 Å². The molecule has 0 spiro atoms. The maximum atomic E-state index is 11.9. The molecule has 3 N–H and O–H groups in total. The molecule has 0 atom stereocenters. The molecule has 0 saturated heterocycles. The minimum Gasteiger partial charge on any atom is -0.398 e. The predicted octanol–water partition coefficient (Wildman–Crippen LogP) is 2.57. The van der Waals surface area contributed by atoms with Crippen LogP contribution in [0.2, 0.25) is 0 Å². The summed E-state index contributed by atoms with van der Waals surface area (Å²) >= 11 is 1.62. The fourth-order valence-corrected chi connectivity index (χ4v) is 2.24. The van der Waals surface area contributed by atoms with E-state index in [-0.39, 0.29) is 5.91 Å². The molecule has 88 valence electrons. The Kier molecular flexibility index (Phi) is 3.44. The highest BCUT2D eigenvalue weighted by atomic mass is 32.1. The van der Waals surface area contributed by atoms with Crippen LogP contribution >= 0.6 is 11.3 Å². The van der Waals surface area contributed by atoms with Crippen molar-refractivity contribution in [2.24, 2.45) is 0 Å². The summed E-state index contributed by atoms with van der Waals surface area (Å²) in [5.41, 5.74) is 9.00. The van der Waals surface area contributed by atoms with E-state index in [1.54, 1.807) is 29.5 Å². The molecule has 17 heavy (non-hydrogen) atoms. The normalized spacial score (nSPS) is 10.2. The van der Waals surface area contributed by atoms with E-state index in [0.717, 1.165) is 11.1 Å². The molecule has 0 aliphatic rings. The molecule has 1 aromatic carbocycles. The molecular weight excluding hydrogens is 232 g/mol. The van der Waals surface area contributed by atoms with Gasteiger partial charge in [0.15, 0.2) is 0 Å². The highest BCUT2D eigenvalue weighted by Crippen LogP contribution is 2.15. The molecule has 0 aliphatic heterocycles. The van der Waals surface area contributed by atoms with Crippen molar-refractivity contribution in [3.05, 3.63) is 51.7 Å². The summed E-state index contributed by atoms with van der Waals surface area (Å²) < 4.78 is 0. The number of anilines is 1. The minimum absolute atomic E-state index is 0.0824. The molecular formula is C13H14N2OS. The zero-order valence-corrected chi connectivity index (χ0v) is 10.4. The van der Waals surface area contributed by atoms with Crippen LogP contribution in [0.5, 0.6) is 0 Å². The van der Waals surface area contributed by atoms with E-state index < -0.39 is 0 Å². The van der Waals surface area contributed by atoms with Gasteiger partial charge in [0.2, 0.25) is 0 Å². The van der Waals surface area contributed by atoms with Crippen molar-refractivity contribution in [2.75, 3.05) is 5.73 Å². The van der Waals surface area contributed by atoms with Gasteiger partial charge < -0.3 is 11.1 Å². The van der Waals surface area contributed by atoms with Gasteiger partial charge in [-0.15, -0.1) is 0 Å². The Bertz CT molecular complexity index is 520. The average molecular weight is 246 g/mol. The summed E-state index contributed by atoms with van der Waals surface area (Å²) in [7, 11) is 0. The molecule has 0 saturated carbocycles. The van der Waals surface area contributed by atoms with Crippen LogP contribution in [0.25, 0.3) is 0 Å². The molecule has 0 bridgehead atoms. The minimum atomic E-state index is -0.0824. The quantitative estimate of drug-likeness (QED) is 0.818. The second-order valence-corrected chi connectivity index (χ2v) is 4.61. The number of nitrogens with one attached hydrogen (secondary N) is 1. The number of benzene rings is 1. The Morgan fingerprint density at radius 3 is 2.94 bits per heavy atom. The SMILES string of the molecule is Cc1c(N)cccc1C(=O)NCc1ccsc1. The van der Waals surface area contributed by atoms with Crippen LogP contribution in [0.4, 0.5) is 5.69 Å². The van der Waals surface area contributed by atoms with Crippen LogP contribution in [-0.2, 0) is 6.54 Å². The lowest BCUT2D eigenvalue weighted by Gasteiger charge is -2.08. The number of nitrogen functional groups attached to an aromatic ring is 1. The lowest BCUT2D eigenvalue weighted by Crippen LogP contribution is -2.23. The molecule has 1 heterocycles. The highest BCUT2D eigenvalue weighted by molar-refractivity contribution is 7.07. The van der Waals surface area contributed by atoms with Crippen molar-refractivity contribution < 1.29 is 4.79 Å². The highest BCUT2D eigenvalue weighted by Gasteiger charge is 2.09. The van der Waals surface area contributed by atoms with Crippen LogP contribution in [0.15, 0.2) is 35.0 Å². The van der Waals surface area contributed by atoms with Crippen molar-refractivity contribution in [2.45, 2.75) is 13.5 Å². The number of rotatable bonds is 3. The Balaban J connectivity index is 2.07. The Morgan fingerprint density at radius 2 is 2.24 bits per heavy atom. The van der Waals surface area contributed by atoms with E-state index in [1.165, 1.54) is 0 Å². The second-order valence-electron chi connectivity index (χ2n) is 3.83. The summed E-state index contributed by atoms with van der Waals surface area (Å²) in [5.74, 6) is -0.0824. The van der Waals surface area contributed by atoms with Gasteiger partial charge in [0, 0.05) is 17.8 Å². The predicted molar refractivity (Wildman–Crippen MR) is 71.1 cm³/mol. The molecule has 2 aromatic rings.